The van der Waals surface area contributed by atoms with Crippen LogP contribution in [0.25, 0.3) is 0 Å². The first kappa shape index (κ1) is 16.2. The molecule has 0 saturated carbocycles. The van der Waals surface area contributed by atoms with Crippen LogP contribution in [0.15, 0.2) is 24.3 Å². The summed E-state index contributed by atoms with van der Waals surface area (Å²) < 4.78 is 5.04. The maximum atomic E-state index is 12.2. The average molecular weight is 279 g/mol. The Hall–Kier alpha value is -1.88. The monoisotopic (exact) mass is 279 g/mol. The van der Waals surface area contributed by atoms with Gasteiger partial charge in [-0.1, -0.05) is 32.0 Å². The second-order valence-electron chi connectivity index (χ2n) is 5.08. The number of amides is 1. The van der Waals surface area contributed by atoms with Gasteiger partial charge in [0.15, 0.2) is 0 Å². The number of hydrogen-bond acceptors (Lipinski definition) is 3. The van der Waals surface area contributed by atoms with Gasteiger partial charge in [0.2, 0.25) is 0 Å². The number of aliphatic carboxylic acids is 1. The fourth-order valence-corrected chi connectivity index (χ4v) is 1.95. The van der Waals surface area contributed by atoms with Crippen LogP contribution in [0.2, 0.25) is 0 Å². The minimum atomic E-state index is -1.02. The van der Waals surface area contributed by atoms with Gasteiger partial charge in [-0.15, -0.1) is 0 Å². The average Bonchev–Trinajstić information content (AvgIpc) is 2.38. The van der Waals surface area contributed by atoms with E-state index in [0.717, 1.165) is 5.56 Å². The van der Waals surface area contributed by atoms with Gasteiger partial charge in [-0.2, -0.15) is 0 Å². The second kappa shape index (κ2) is 7.65. The standard InChI is InChI=1S/C15H21NO4/c1-10(2)8-13(15(18)19)16-14(17)12-7-5-4-6-11(12)9-20-3/h4-7,10,13H,8-9H2,1-3H3,(H,16,17)(H,18,19)/t13-/m0/s1. The molecule has 0 aliphatic heterocycles. The zero-order valence-electron chi connectivity index (χ0n) is 12.1. The third-order valence-electron chi connectivity index (χ3n) is 2.87. The van der Waals surface area contributed by atoms with Gasteiger partial charge in [0.05, 0.1) is 6.61 Å². The molecule has 0 spiro atoms. The number of carbonyl (C=O) groups excluding carboxylic acids is 1. The first-order valence-electron chi connectivity index (χ1n) is 6.56. The summed E-state index contributed by atoms with van der Waals surface area (Å²) >= 11 is 0. The molecule has 0 saturated heterocycles. The lowest BCUT2D eigenvalue weighted by molar-refractivity contribution is -0.139. The minimum absolute atomic E-state index is 0.186. The molecule has 0 unspecified atom stereocenters. The molecule has 0 fully saturated rings. The fraction of sp³-hybridized carbons (Fsp3) is 0.467. The SMILES string of the molecule is COCc1ccccc1C(=O)N[C@@H](CC(C)C)C(=O)O. The number of ether oxygens (including phenoxy) is 1. The Morgan fingerprint density at radius 3 is 2.50 bits per heavy atom. The Morgan fingerprint density at radius 2 is 1.95 bits per heavy atom. The summed E-state index contributed by atoms with van der Waals surface area (Å²) in [7, 11) is 1.55. The van der Waals surface area contributed by atoms with E-state index in [4.69, 9.17) is 9.84 Å². The number of carbonyl (C=O) groups is 2. The van der Waals surface area contributed by atoms with E-state index in [9.17, 15) is 9.59 Å². The zero-order valence-corrected chi connectivity index (χ0v) is 12.1. The largest absolute Gasteiger partial charge is 0.480 e. The van der Waals surface area contributed by atoms with Crippen molar-refractivity contribution < 1.29 is 19.4 Å². The molecule has 5 heteroatoms. The first-order valence-corrected chi connectivity index (χ1v) is 6.56. The topological polar surface area (TPSA) is 75.6 Å². The summed E-state index contributed by atoms with van der Waals surface area (Å²) in [6.07, 6.45) is 0.396. The molecule has 0 heterocycles. The summed E-state index contributed by atoms with van der Waals surface area (Å²) in [6, 6.07) is 6.13. The Balaban J connectivity index is 2.86. The summed E-state index contributed by atoms with van der Waals surface area (Å²) in [4.78, 5) is 23.4. The van der Waals surface area contributed by atoms with Crippen molar-refractivity contribution in [1.82, 2.24) is 5.32 Å². The zero-order chi connectivity index (χ0) is 15.1. The van der Waals surface area contributed by atoms with E-state index in [1.54, 1.807) is 25.3 Å². The van der Waals surface area contributed by atoms with E-state index in [2.05, 4.69) is 5.32 Å². The van der Waals surface area contributed by atoms with Crippen LogP contribution in [0.1, 0.15) is 36.2 Å². The van der Waals surface area contributed by atoms with Crippen molar-refractivity contribution in [1.29, 1.82) is 0 Å². The smallest absolute Gasteiger partial charge is 0.326 e. The van der Waals surface area contributed by atoms with Crippen molar-refractivity contribution in [2.45, 2.75) is 32.9 Å². The van der Waals surface area contributed by atoms with E-state index >= 15 is 0 Å². The van der Waals surface area contributed by atoms with Crippen molar-refractivity contribution in [2.75, 3.05) is 7.11 Å². The lowest BCUT2D eigenvalue weighted by Crippen LogP contribution is -2.41. The molecule has 1 aromatic rings. The van der Waals surface area contributed by atoms with E-state index in [0.29, 0.717) is 18.6 Å². The van der Waals surface area contributed by atoms with E-state index in [1.807, 2.05) is 19.9 Å². The normalized spacial score (nSPS) is 12.2. The van der Waals surface area contributed by atoms with Crippen molar-refractivity contribution in [3.8, 4) is 0 Å². The highest BCUT2D eigenvalue weighted by atomic mass is 16.5. The van der Waals surface area contributed by atoms with Crippen LogP contribution >= 0.6 is 0 Å². The molecule has 2 N–H and O–H groups in total. The van der Waals surface area contributed by atoms with Crippen LogP contribution in [0.5, 0.6) is 0 Å². The molecule has 1 atom stereocenters. The molecular weight excluding hydrogens is 258 g/mol. The fourth-order valence-electron chi connectivity index (χ4n) is 1.95. The molecule has 20 heavy (non-hydrogen) atoms. The third-order valence-corrected chi connectivity index (χ3v) is 2.87. The van der Waals surface area contributed by atoms with Gasteiger partial charge in [0, 0.05) is 12.7 Å². The number of methoxy groups -OCH3 is 1. The van der Waals surface area contributed by atoms with Crippen LogP contribution in [0.3, 0.4) is 0 Å². The van der Waals surface area contributed by atoms with Crippen molar-refractivity contribution in [3.63, 3.8) is 0 Å². The Morgan fingerprint density at radius 1 is 1.30 bits per heavy atom. The lowest BCUT2D eigenvalue weighted by Gasteiger charge is -2.17. The molecule has 1 rings (SSSR count). The summed E-state index contributed by atoms with van der Waals surface area (Å²) in [5.74, 6) is -1.22. The van der Waals surface area contributed by atoms with E-state index < -0.39 is 12.0 Å². The summed E-state index contributed by atoms with van der Waals surface area (Å²) in [5.41, 5.74) is 1.19. The van der Waals surface area contributed by atoms with Crippen LogP contribution in [-0.2, 0) is 16.1 Å². The van der Waals surface area contributed by atoms with E-state index in [1.165, 1.54) is 0 Å². The Bertz CT molecular complexity index is 471. The molecule has 0 aliphatic carbocycles. The van der Waals surface area contributed by atoms with E-state index in [-0.39, 0.29) is 11.8 Å². The van der Waals surface area contributed by atoms with Gasteiger partial charge in [-0.25, -0.2) is 4.79 Å². The highest BCUT2D eigenvalue weighted by Crippen LogP contribution is 2.12. The highest BCUT2D eigenvalue weighted by Gasteiger charge is 2.22. The van der Waals surface area contributed by atoms with Crippen LogP contribution < -0.4 is 5.32 Å². The number of benzene rings is 1. The maximum absolute atomic E-state index is 12.2. The number of carboxylic acids is 1. The molecule has 0 aromatic heterocycles. The van der Waals surface area contributed by atoms with Gasteiger partial charge < -0.3 is 15.2 Å². The van der Waals surface area contributed by atoms with Crippen LogP contribution in [0.4, 0.5) is 0 Å². The number of carboxylic acid groups (broad SMARTS) is 1. The van der Waals surface area contributed by atoms with Gasteiger partial charge in [-0.05, 0) is 24.0 Å². The highest BCUT2D eigenvalue weighted by molar-refractivity contribution is 5.97. The molecule has 1 aromatic carbocycles. The summed E-state index contributed by atoms with van der Waals surface area (Å²) in [6.45, 7) is 4.15. The van der Waals surface area contributed by atoms with Crippen LogP contribution in [0, 0.1) is 5.92 Å². The van der Waals surface area contributed by atoms with Gasteiger partial charge >= 0.3 is 5.97 Å². The van der Waals surface area contributed by atoms with Crippen molar-refractivity contribution in [3.05, 3.63) is 35.4 Å². The predicted octanol–water partition coefficient (Wildman–Crippen LogP) is 2.06. The van der Waals surface area contributed by atoms with Crippen molar-refractivity contribution >= 4 is 11.9 Å². The lowest BCUT2D eigenvalue weighted by atomic mass is 10.0. The Labute approximate surface area is 118 Å². The summed E-state index contributed by atoms with van der Waals surface area (Å²) in [5, 5.41) is 11.7. The molecule has 0 radical (unpaired) electrons. The minimum Gasteiger partial charge on any atom is -0.480 e. The van der Waals surface area contributed by atoms with Gasteiger partial charge in [0.25, 0.3) is 5.91 Å². The second-order valence-corrected chi connectivity index (χ2v) is 5.08. The number of hydrogen-bond donors (Lipinski definition) is 2. The first-order chi connectivity index (χ1) is 9.45. The molecule has 0 bridgehead atoms. The van der Waals surface area contributed by atoms with Crippen LogP contribution in [-0.4, -0.2) is 30.1 Å². The third kappa shape index (κ3) is 4.66. The van der Waals surface area contributed by atoms with Crippen molar-refractivity contribution in [2.24, 2.45) is 5.92 Å². The quantitative estimate of drug-likeness (QED) is 0.801. The molecular formula is C15H21NO4. The maximum Gasteiger partial charge on any atom is 0.326 e. The number of nitrogens with one attached hydrogen (secondary N) is 1. The molecule has 110 valence electrons. The van der Waals surface area contributed by atoms with Gasteiger partial charge in [-0.3, -0.25) is 4.79 Å². The Kier molecular flexibility index (Phi) is 6.18. The number of rotatable bonds is 7. The molecule has 5 nitrogen and oxygen atoms in total. The molecule has 1 amide bonds. The molecule has 0 aliphatic rings. The predicted molar refractivity (Wildman–Crippen MR) is 75.5 cm³/mol. The van der Waals surface area contributed by atoms with Gasteiger partial charge in [0.1, 0.15) is 6.04 Å².